The Bertz CT molecular complexity index is 1200. The van der Waals surface area contributed by atoms with Crippen molar-refractivity contribution in [2.75, 3.05) is 18.0 Å². The van der Waals surface area contributed by atoms with E-state index in [1.54, 1.807) is 0 Å². The Kier molecular flexibility index (Phi) is 4.17. The lowest BCUT2D eigenvalue weighted by Gasteiger charge is -2.37. The molecule has 2 aromatic heterocycles. The van der Waals surface area contributed by atoms with E-state index >= 15 is 0 Å². The molecule has 32 heavy (non-hydrogen) atoms. The molecule has 5 nitrogen and oxygen atoms in total. The second-order valence-electron chi connectivity index (χ2n) is 9.78. The number of nitrogens with zero attached hydrogens (tertiary/aromatic N) is 5. The van der Waals surface area contributed by atoms with E-state index in [1.807, 2.05) is 18.3 Å². The van der Waals surface area contributed by atoms with Gasteiger partial charge in [0, 0.05) is 19.3 Å². The van der Waals surface area contributed by atoms with Gasteiger partial charge in [-0.1, -0.05) is 19.9 Å². The van der Waals surface area contributed by atoms with Gasteiger partial charge in [0.1, 0.15) is 11.6 Å². The summed E-state index contributed by atoms with van der Waals surface area (Å²) in [5, 5.41) is 8.93. The first-order valence-corrected chi connectivity index (χ1v) is 11.3. The molecule has 3 aliphatic rings. The fourth-order valence-corrected chi connectivity index (χ4v) is 6.41. The number of halogens is 2. The van der Waals surface area contributed by atoms with E-state index in [-0.39, 0.29) is 28.0 Å². The van der Waals surface area contributed by atoms with Crippen LogP contribution in [0.25, 0.3) is 11.3 Å². The molecule has 1 aliphatic heterocycles. The first-order valence-electron chi connectivity index (χ1n) is 11.3. The minimum atomic E-state index is -0.623. The topological polar surface area (TPSA) is 54.8 Å². The second-order valence-corrected chi connectivity index (χ2v) is 9.78. The van der Waals surface area contributed by atoms with E-state index in [2.05, 4.69) is 33.9 Å². The summed E-state index contributed by atoms with van der Waals surface area (Å²) >= 11 is 0. The van der Waals surface area contributed by atoms with Crippen molar-refractivity contribution in [3.63, 3.8) is 0 Å². The van der Waals surface area contributed by atoms with Crippen LogP contribution in [0.4, 0.5) is 14.7 Å². The third kappa shape index (κ3) is 2.48. The maximum Gasteiger partial charge on any atom is 0.225 e. The first-order chi connectivity index (χ1) is 15.4. The van der Waals surface area contributed by atoms with E-state index < -0.39 is 11.6 Å². The molecular weight excluding hydrogens is 408 g/mol. The first kappa shape index (κ1) is 19.7. The number of aromatic nitrogens is 4. The van der Waals surface area contributed by atoms with E-state index in [4.69, 9.17) is 4.98 Å². The Morgan fingerprint density at radius 1 is 1.03 bits per heavy atom. The highest BCUT2D eigenvalue weighted by atomic mass is 19.1. The van der Waals surface area contributed by atoms with E-state index in [9.17, 15) is 8.78 Å². The number of hydrogen-bond donors (Lipinski definition) is 0. The van der Waals surface area contributed by atoms with Gasteiger partial charge in [-0.25, -0.2) is 18.7 Å². The molecule has 1 aromatic carbocycles. The second kappa shape index (κ2) is 6.77. The normalized spacial score (nSPS) is 25.4. The maximum atomic E-state index is 14.4. The quantitative estimate of drug-likeness (QED) is 0.581. The molecule has 0 N–H and O–H groups in total. The van der Waals surface area contributed by atoms with Crippen molar-refractivity contribution in [1.82, 2.24) is 20.2 Å². The zero-order valence-electron chi connectivity index (χ0n) is 18.3. The lowest BCUT2D eigenvalue weighted by Crippen LogP contribution is -2.38. The molecule has 2 atom stereocenters. The highest BCUT2D eigenvalue weighted by Gasteiger charge is 2.65. The summed E-state index contributed by atoms with van der Waals surface area (Å²) in [6.45, 7) is 6.48. The van der Waals surface area contributed by atoms with Crippen LogP contribution in [0.15, 0.2) is 36.5 Å². The molecule has 1 saturated heterocycles. The van der Waals surface area contributed by atoms with Crippen molar-refractivity contribution in [3.05, 3.63) is 65.1 Å². The van der Waals surface area contributed by atoms with E-state index in [0.717, 1.165) is 61.7 Å². The van der Waals surface area contributed by atoms with Crippen LogP contribution in [-0.4, -0.2) is 33.3 Å². The summed E-state index contributed by atoms with van der Waals surface area (Å²) in [6.07, 6.45) is 6.08. The van der Waals surface area contributed by atoms with Crippen molar-refractivity contribution < 1.29 is 8.78 Å². The molecular formula is C25H25F2N5. The van der Waals surface area contributed by atoms with Gasteiger partial charge >= 0.3 is 0 Å². The molecule has 2 aliphatic carbocycles. The van der Waals surface area contributed by atoms with Gasteiger partial charge in [0.15, 0.2) is 0 Å². The largest absolute Gasteiger partial charge is 0.341 e. The van der Waals surface area contributed by atoms with Crippen LogP contribution < -0.4 is 4.90 Å². The summed E-state index contributed by atoms with van der Waals surface area (Å²) in [6, 6.07) is 7.73. The molecule has 3 heterocycles. The number of fused-ring (bicyclic) bond motifs is 5. The minimum Gasteiger partial charge on any atom is -0.341 e. The standard InChI is InChI=1S/C25H25F2N5/c1-24(2)16-8-10-25(24,20-9-11-28-23(29-20)32-12-3-4-13-32)22-15(16)14-19(30-31-22)21-17(26)6-5-7-18(21)27/h5-7,9,11,14,16H,3-4,8,10,12-13H2,1-2H3/t16-,25?/m0/s1. The van der Waals surface area contributed by atoms with Crippen LogP contribution in [0.5, 0.6) is 0 Å². The van der Waals surface area contributed by atoms with Gasteiger partial charge in [0.05, 0.1) is 28.1 Å². The molecule has 0 radical (unpaired) electrons. The van der Waals surface area contributed by atoms with Crippen LogP contribution in [0, 0.1) is 17.0 Å². The summed E-state index contributed by atoms with van der Waals surface area (Å²) in [5.74, 6) is -0.239. The Labute approximate surface area is 185 Å². The summed E-state index contributed by atoms with van der Waals surface area (Å²) < 4.78 is 28.9. The molecule has 164 valence electrons. The average Bonchev–Trinajstić information content (AvgIpc) is 3.45. The number of benzene rings is 1. The molecule has 0 amide bonds. The van der Waals surface area contributed by atoms with E-state index in [0.29, 0.717) is 0 Å². The smallest absolute Gasteiger partial charge is 0.225 e. The summed E-state index contributed by atoms with van der Waals surface area (Å²) in [4.78, 5) is 11.8. The van der Waals surface area contributed by atoms with Crippen LogP contribution in [0.2, 0.25) is 0 Å². The fourth-order valence-electron chi connectivity index (χ4n) is 6.41. The number of hydrogen-bond acceptors (Lipinski definition) is 5. The Balaban J connectivity index is 1.51. The van der Waals surface area contributed by atoms with Gasteiger partial charge < -0.3 is 4.90 Å². The maximum absolute atomic E-state index is 14.4. The SMILES string of the molecule is CC1(C)[C@H]2CCC1(c1ccnc(N3CCCC3)n1)c1nnc(-c3c(F)cccc3F)cc12. The van der Waals surface area contributed by atoms with Crippen molar-refractivity contribution in [1.29, 1.82) is 0 Å². The molecule has 6 rings (SSSR count). The highest BCUT2D eigenvalue weighted by molar-refractivity contribution is 5.64. The van der Waals surface area contributed by atoms with Crippen LogP contribution in [0.3, 0.4) is 0 Å². The lowest BCUT2D eigenvalue weighted by atomic mass is 9.66. The number of rotatable bonds is 3. The van der Waals surface area contributed by atoms with E-state index in [1.165, 1.54) is 18.2 Å². The zero-order valence-corrected chi connectivity index (χ0v) is 18.3. The predicted octanol–water partition coefficient (Wildman–Crippen LogP) is 5.02. The molecule has 0 spiro atoms. The fraction of sp³-hybridized carbons (Fsp3) is 0.440. The lowest BCUT2D eigenvalue weighted by molar-refractivity contribution is 0.242. The third-order valence-electron chi connectivity index (χ3n) is 8.07. The van der Waals surface area contributed by atoms with Crippen molar-refractivity contribution in [2.24, 2.45) is 5.41 Å². The number of anilines is 1. The van der Waals surface area contributed by atoms with Gasteiger partial charge in [0.25, 0.3) is 0 Å². The third-order valence-corrected chi connectivity index (χ3v) is 8.07. The Morgan fingerprint density at radius 3 is 2.53 bits per heavy atom. The van der Waals surface area contributed by atoms with Gasteiger partial charge in [-0.3, -0.25) is 0 Å². The Morgan fingerprint density at radius 2 is 1.78 bits per heavy atom. The predicted molar refractivity (Wildman–Crippen MR) is 117 cm³/mol. The molecule has 1 saturated carbocycles. The molecule has 1 unspecified atom stereocenters. The highest BCUT2D eigenvalue weighted by Crippen LogP contribution is 2.69. The minimum absolute atomic E-state index is 0.115. The summed E-state index contributed by atoms with van der Waals surface area (Å²) in [7, 11) is 0. The molecule has 7 heteroatoms. The molecule has 3 aromatic rings. The van der Waals surface area contributed by atoms with Gasteiger partial charge in [-0.15, -0.1) is 5.10 Å². The van der Waals surface area contributed by atoms with Gasteiger partial charge in [-0.05, 0) is 66.8 Å². The van der Waals surface area contributed by atoms with Crippen molar-refractivity contribution in [3.8, 4) is 11.3 Å². The van der Waals surface area contributed by atoms with Gasteiger partial charge in [-0.2, -0.15) is 5.10 Å². The van der Waals surface area contributed by atoms with Crippen LogP contribution in [-0.2, 0) is 5.41 Å². The van der Waals surface area contributed by atoms with Gasteiger partial charge in [0.2, 0.25) is 5.95 Å². The Hall–Kier alpha value is -2.96. The molecule has 2 fully saturated rings. The average molecular weight is 434 g/mol. The monoisotopic (exact) mass is 433 g/mol. The van der Waals surface area contributed by atoms with Crippen molar-refractivity contribution >= 4 is 5.95 Å². The summed E-state index contributed by atoms with van der Waals surface area (Å²) in [5.41, 5.74) is 2.51. The van der Waals surface area contributed by atoms with Crippen LogP contribution in [0.1, 0.15) is 62.4 Å². The molecule has 2 bridgehead atoms. The zero-order chi connectivity index (χ0) is 22.1. The van der Waals surface area contributed by atoms with Crippen molar-refractivity contribution in [2.45, 2.75) is 50.9 Å². The van der Waals surface area contributed by atoms with Crippen LogP contribution >= 0.6 is 0 Å².